The lowest BCUT2D eigenvalue weighted by molar-refractivity contribution is 0.0945. The van der Waals surface area contributed by atoms with E-state index in [2.05, 4.69) is 27.1 Å². The second-order valence-electron chi connectivity index (χ2n) is 4.90. The van der Waals surface area contributed by atoms with Crippen LogP contribution in [-0.4, -0.2) is 47.5 Å². The van der Waals surface area contributed by atoms with Crippen LogP contribution in [0.4, 0.5) is 0 Å². The van der Waals surface area contributed by atoms with Gasteiger partial charge in [-0.1, -0.05) is 40.7 Å². The Hall–Kier alpha value is -2.01. The summed E-state index contributed by atoms with van der Waals surface area (Å²) in [7, 11) is 2.02. The highest BCUT2D eigenvalue weighted by molar-refractivity contribution is 5.93. The van der Waals surface area contributed by atoms with Gasteiger partial charge in [-0.25, -0.2) is 4.98 Å². The first-order chi connectivity index (χ1) is 11.6. The maximum atomic E-state index is 12.0. The lowest BCUT2D eigenvalue weighted by Crippen LogP contribution is -2.33. The Morgan fingerprint density at radius 3 is 2.46 bits per heavy atom. The molecular formula is C19H32N4O. The third-order valence-electron chi connectivity index (χ3n) is 3.25. The van der Waals surface area contributed by atoms with E-state index in [1.165, 1.54) is 6.20 Å². The van der Waals surface area contributed by atoms with E-state index >= 15 is 0 Å². The summed E-state index contributed by atoms with van der Waals surface area (Å²) in [4.78, 5) is 22.8. The third-order valence-corrected chi connectivity index (χ3v) is 3.25. The van der Waals surface area contributed by atoms with Gasteiger partial charge in [0.15, 0.2) is 0 Å². The number of nitrogens with zero attached hydrogens (tertiary/aromatic N) is 3. The maximum Gasteiger partial charge on any atom is 0.271 e. The molecule has 1 heterocycles. The molecule has 5 heteroatoms. The van der Waals surface area contributed by atoms with Gasteiger partial charge in [0.1, 0.15) is 5.69 Å². The molecule has 1 aromatic heterocycles. The molecule has 2 aromatic rings. The van der Waals surface area contributed by atoms with E-state index in [-0.39, 0.29) is 5.91 Å². The van der Waals surface area contributed by atoms with Crippen LogP contribution < -0.4 is 5.32 Å². The molecule has 0 radical (unpaired) electrons. The number of rotatable bonds is 5. The van der Waals surface area contributed by atoms with Gasteiger partial charge in [-0.2, -0.15) is 0 Å². The predicted molar refractivity (Wildman–Crippen MR) is 102 cm³/mol. The average Bonchev–Trinajstić information content (AvgIpc) is 2.64. The number of likely N-dealkylation sites (N-methyl/N-ethyl adjacent to an activating group) is 1. The normalized spacial score (nSPS) is 9.67. The number of amides is 1. The minimum Gasteiger partial charge on any atom is -0.349 e. The number of hydrogen-bond acceptors (Lipinski definition) is 4. The molecule has 0 saturated heterocycles. The first kappa shape index (κ1) is 22.0. The molecule has 0 bridgehead atoms. The molecule has 134 valence electrons. The SMILES string of the molecule is CC.CC.CCN(C)CCNC(=O)c1cnc2cc(C)ccc2n1. The Bertz CT molecular complexity index is 613. The monoisotopic (exact) mass is 332 g/mol. The number of nitrogens with one attached hydrogen (secondary N) is 1. The topological polar surface area (TPSA) is 58.1 Å². The van der Waals surface area contributed by atoms with Gasteiger partial charge in [0.25, 0.3) is 5.91 Å². The van der Waals surface area contributed by atoms with Gasteiger partial charge >= 0.3 is 0 Å². The van der Waals surface area contributed by atoms with E-state index in [4.69, 9.17) is 0 Å². The smallest absolute Gasteiger partial charge is 0.271 e. The van der Waals surface area contributed by atoms with Crippen molar-refractivity contribution in [2.24, 2.45) is 0 Å². The molecule has 0 saturated carbocycles. The van der Waals surface area contributed by atoms with Gasteiger partial charge in [0, 0.05) is 13.1 Å². The Morgan fingerprint density at radius 1 is 1.17 bits per heavy atom. The predicted octanol–water partition coefficient (Wildman–Crippen LogP) is 3.67. The van der Waals surface area contributed by atoms with Crippen molar-refractivity contribution in [1.82, 2.24) is 20.2 Å². The number of aromatic nitrogens is 2. The summed E-state index contributed by atoms with van der Waals surface area (Å²) in [6.07, 6.45) is 1.53. The largest absolute Gasteiger partial charge is 0.349 e. The zero-order valence-corrected chi connectivity index (χ0v) is 16.2. The van der Waals surface area contributed by atoms with Crippen LogP contribution in [0.25, 0.3) is 11.0 Å². The molecule has 0 atom stereocenters. The molecule has 5 nitrogen and oxygen atoms in total. The second-order valence-corrected chi connectivity index (χ2v) is 4.90. The average molecular weight is 332 g/mol. The van der Waals surface area contributed by atoms with Crippen LogP contribution in [0.1, 0.15) is 50.7 Å². The molecule has 1 aromatic carbocycles. The van der Waals surface area contributed by atoms with Gasteiger partial charge in [-0.3, -0.25) is 9.78 Å². The lowest BCUT2D eigenvalue weighted by Gasteiger charge is -2.13. The van der Waals surface area contributed by atoms with Gasteiger partial charge in [0.05, 0.1) is 17.2 Å². The highest BCUT2D eigenvalue weighted by Gasteiger charge is 2.08. The van der Waals surface area contributed by atoms with Crippen molar-refractivity contribution >= 4 is 16.9 Å². The summed E-state index contributed by atoms with van der Waals surface area (Å²) in [5.41, 5.74) is 3.05. The van der Waals surface area contributed by atoms with Crippen molar-refractivity contribution in [3.8, 4) is 0 Å². The molecule has 1 N–H and O–H groups in total. The quantitative estimate of drug-likeness (QED) is 0.907. The van der Waals surface area contributed by atoms with E-state index in [1.807, 2.05) is 59.9 Å². The maximum absolute atomic E-state index is 12.0. The number of fused-ring (bicyclic) bond motifs is 1. The van der Waals surface area contributed by atoms with Crippen LogP contribution in [-0.2, 0) is 0 Å². The summed E-state index contributed by atoms with van der Waals surface area (Å²) >= 11 is 0. The molecule has 2 rings (SSSR count). The standard InChI is InChI=1S/C15H20N4O.2C2H6/c1-4-19(3)8-7-16-15(20)14-10-17-13-9-11(2)5-6-12(13)18-14;2*1-2/h5-6,9-10H,4,7-8H2,1-3H3,(H,16,20);2*1-2H3. The van der Waals surface area contributed by atoms with E-state index in [0.29, 0.717) is 12.2 Å². The first-order valence-corrected chi connectivity index (χ1v) is 8.80. The number of hydrogen-bond donors (Lipinski definition) is 1. The van der Waals surface area contributed by atoms with Crippen molar-refractivity contribution in [3.63, 3.8) is 0 Å². The molecule has 0 aliphatic carbocycles. The lowest BCUT2D eigenvalue weighted by atomic mass is 10.2. The highest BCUT2D eigenvalue weighted by atomic mass is 16.1. The Morgan fingerprint density at radius 2 is 1.83 bits per heavy atom. The molecule has 0 spiro atoms. The first-order valence-electron chi connectivity index (χ1n) is 8.80. The van der Waals surface area contributed by atoms with Gasteiger partial charge in [-0.15, -0.1) is 0 Å². The number of carbonyl (C=O) groups is 1. The fourth-order valence-corrected chi connectivity index (χ4v) is 1.84. The fraction of sp³-hybridized carbons (Fsp3) is 0.526. The summed E-state index contributed by atoms with van der Waals surface area (Å²) in [6, 6.07) is 5.81. The van der Waals surface area contributed by atoms with Crippen LogP contribution in [0.5, 0.6) is 0 Å². The molecule has 0 unspecified atom stereocenters. The summed E-state index contributed by atoms with van der Waals surface area (Å²) < 4.78 is 0. The van der Waals surface area contributed by atoms with Crippen LogP contribution in [0.15, 0.2) is 24.4 Å². The number of aryl methyl sites for hydroxylation is 1. The zero-order valence-electron chi connectivity index (χ0n) is 16.2. The van der Waals surface area contributed by atoms with Crippen molar-refractivity contribution in [2.45, 2.75) is 41.5 Å². The summed E-state index contributed by atoms with van der Waals surface area (Å²) in [6.45, 7) is 14.5. The summed E-state index contributed by atoms with van der Waals surface area (Å²) in [5.74, 6) is -0.176. The van der Waals surface area contributed by atoms with Gasteiger partial charge < -0.3 is 10.2 Å². The molecule has 0 aliphatic rings. The van der Waals surface area contributed by atoms with Crippen LogP contribution in [0.3, 0.4) is 0 Å². The summed E-state index contributed by atoms with van der Waals surface area (Å²) in [5, 5.41) is 2.86. The van der Waals surface area contributed by atoms with Crippen LogP contribution >= 0.6 is 0 Å². The highest BCUT2D eigenvalue weighted by Crippen LogP contribution is 2.11. The van der Waals surface area contributed by atoms with Crippen LogP contribution in [0, 0.1) is 6.92 Å². The van der Waals surface area contributed by atoms with E-state index in [0.717, 1.165) is 29.7 Å². The van der Waals surface area contributed by atoms with Gasteiger partial charge in [-0.05, 0) is 38.2 Å². The Labute approximate surface area is 146 Å². The molecule has 24 heavy (non-hydrogen) atoms. The zero-order chi connectivity index (χ0) is 18.5. The fourth-order valence-electron chi connectivity index (χ4n) is 1.84. The molecule has 0 fully saturated rings. The van der Waals surface area contributed by atoms with Crippen molar-refractivity contribution in [2.75, 3.05) is 26.7 Å². The van der Waals surface area contributed by atoms with Crippen molar-refractivity contribution in [3.05, 3.63) is 35.7 Å². The molecule has 0 aliphatic heterocycles. The van der Waals surface area contributed by atoms with Crippen LogP contribution in [0.2, 0.25) is 0 Å². The second kappa shape index (κ2) is 12.4. The van der Waals surface area contributed by atoms with Crippen molar-refractivity contribution in [1.29, 1.82) is 0 Å². The minimum absolute atomic E-state index is 0.176. The Kier molecular flexibility index (Phi) is 11.4. The van der Waals surface area contributed by atoms with E-state index in [1.54, 1.807) is 0 Å². The third kappa shape index (κ3) is 7.04. The number of benzene rings is 1. The van der Waals surface area contributed by atoms with Crippen molar-refractivity contribution < 1.29 is 4.79 Å². The minimum atomic E-state index is -0.176. The van der Waals surface area contributed by atoms with E-state index in [9.17, 15) is 4.79 Å². The van der Waals surface area contributed by atoms with Gasteiger partial charge in [0.2, 0.25) is 0 Å². The number of carbonyl (C=O) groups excluding carboxylic acids is 1. The molecular weight excluding hydrogens is 300 g/mol. The van der Waals surface area contributed by atoms with E-state index < -0.39 is 0 Å². The molecule has 1 amide bonds. The Balaban J connectivity index is 0.00000123.